The lowest BCUT2D eigenvalue weighted by Gasteiger charge is -2.20. The molecule has 1 fully saturated rings. The van der Waals surface area contributed by atoms with Gasteiger partial charge in [0.1, 0.15) is 5.82 Å². The zero-order valence-electron chi connectivity index (χ0n) is 12.1. The molecule has 4 rings (SSSR count). The summed E-state index contributed by atoms with van der Waals surface area (Å²) >= 11 is 0. The van der Waals surface area contributed by atoms with E-state index < -0.39 is 0 Å². The number of imidazole rings is 1. The first kappa shape index (κ1) is 12.8. The number of aromatic nitrogens is 2. The van der Waals surface area contributed by atoms with Crippen LogP contribution in [0.5, 0.6) is 0 Å². The van der Waals surface area contributed by atoms with Crippen molar-refractivity contribution in [2.24, 2.45) is 5.73 Å². The second-order valence-electron chi connectivity index (χ2n) is 6.14. The van der Waals surface area contributed by atoms with Crippen LogP contribution in [0.3, 0.4) is 0 Å². The van der Waals surface area contributed by atoms with Gasteiger partial charge in [-0.2, -0.15) is 0 Å². The fourth-order valence-corrected chi connectivity index (χ4v) is 3.45. The monoisotopic (exact) mass is 284 g/mol. The van der Waals surface area contributed by atoms with Gasteiger partial charge in [-0.1, -0.05) is 0 Å². The smallest absolute Gasteiger partial charge is 0.253 e. The predicted octanol–water partition coefficient (Wildman–Crippen LogP) is 1.55. The number of carbonyl (C=O) groups is 1. The van der Waals surface area contributed by atoms with E-state index in [1.165, 1.54) is 0 Å². The summed E-state index contributed by atoms with van der Waals surface area (Å²) in [6.45, 7) is 2.59. The molecule has 21 heavy (non-hydrogen) atoms. The molecule has 0 bridgehead atoms. The molecular formula is C16H20N4O. The van der Waals surface area contributed by atoms with E-state index in [4.69, 9.17) is 10.7 Å². The average molecular weight is 284 g/mol. The summed E-state index contributed by atoms with van der Waals surface area (Å²) in [5.41, 5.74) is 8.82. The van der Waals surface area contributed by atoms with Gasteiger partial charge in [-0.3, -0.25) is 4.79 Å². The summed E-state index contributed by atoms with van der Waals surface area (Å²) in [6, 6.07) is 6.10. The van der Waals surface area contributed by atoms with Gasteiger partial charge in [0.25, 0.3) is 5.91 Å². The van der Waals surface area contributed by atoms with E-state index in [0.29, 0.717) is 0 Å². The molecule has 5 nitrogen and oxygen atoms in total. The summed E-state index contributed by atoms with van der Waals surface area (Å²) in [5.74, 6) is 1.23. The van der Waals surface area contributed by atoms with Crippen LogP contribution in [-0.4, -0.2) is 39.5 Å². The van der Waals surface area contributed by atoms with E-state index in [9.17, 15) is 4.79 Å². The highest BCUT2D eigenvalue weighted by atomic mass is 16.2. The Hall–Kier alpha value is -1.88. The van der Waals surface area contributed by atoms with E-state index >= 15 is 0 Å². The number of fused-ring (bicyclic) bond motifs is 3. The lowest BCUT2D eigenvalue weighted by molar-refractivity contribution is 0.0793. The minimum Gasteiger partial charge on any atom is -0.339 e. The number of likely N-dealkylation sites (tertiary alicyclic amines) is 1. The van der Waals surface area contributed by atoms with Crippen molar-refractivity contribution < 1.29 is 4.79 Å². The van der Waals surface area contributed by atoms with Crippen molar-refractivity contribution >= 4 is 16.9 Å². The second-order valence-corrected chi connectivity index (χ2v) is 6.14. The van der Waals surface area contributed by atoms with Crippen molar-refractivity contribution in [2.75, 3.05) is 13.1 Å². The molecule has 2 aliphatic heterocycles. The van der Waals surface area contributed by atoms with Crippen molar-refractivity contribution in [3.63, 3.8) is 0 Å². The van der Waals surface area contributed by atoms with Gasteiger partial charge in [0.05, 0.1) is 11.0 Å². The maximum absolute atomic E-state index is 12.5. The molecule has 1 saturated heterocycles. The number of benzene rings is 1. The Labute approximate surface area is 123 Å². The zero-order chi connectivity index (χ0) is 14.4. The number of carbonyl (C=O) groups excluding carboxylic acids is 1. The molecule has 5 heteroatoms. The Bertz CT molecular complexity index is 700. The van der Waals surface area contributed by atoms with Crippen LogP contribution in [0.4, 0.5) is 0 Å². The van der Waals surface area contributed by atoms with Crippen LogP contribution in [0.25, 0.3) is 11.0 Å². The number of aryl methyl sites for hydroxylation is 1. The Kier molecular flexibility index (Phi) is 2.96. The van der Waals surface area contributed by atoms with Crippen LogP contribution in [0, 0.1) is 0 Å². The number of hydrogen-bond donors (Lipinski definition) is 1. The van der Waals surface area contributed by atoms with Gasteiger partial charge in [0.2, 0.25) is 0 Å². The van der Waals surface area contributed by atoms with Crippen LogP contribution >= 0.6 is 0 Å². The lowest BCUT2D eigenvalue weighted by Crippen LogP contribution is -2.31. The molecular weight excluding hydrogens is 264 g/mol. The van der Waals surface area contributed by atoms with Crippen LogP contribution < -0.4 is 5.73 Å². The lowest BCUT2D eigenvalue weighted by atomic mass is 10.1. The highest BCUT2D eigenvalue weighted by Gasteiger charge is 2.22. The third-order valence-corrected chi connectivity index (χ3v) is 4.62. The summed E-state index contributed by atoms with van der Waals surface area (Å²) in [6.07, 6.45) is 4.14. The molecule has 0 saturated carbocycles. The molecule has 2 N–H and O–H groups in total. The van der Waals surface area contributed by atoms with E-state index in [1.54, 1.807) is 0 Å². The molecule has 0 spiro atoms. The molecule has 1 atom stereocenters. The number of amides is 1. The molecule has 1 aromatic carbocycles. The van der Waals surface area contributed by atoms with Crippen molar-refractivity contribution in [1.82, 2.24) is 14.5 Å². The second kappa shape index (κ2) is 4.84. The summed E-state index contributed by atoms with van der Waals surface area (Å²) in [4.78, 5) is 19.1. The van der Waals surface area contributed by atoms with Crippen molar-refractivity contribution in [3.8, 4) is 0 Å². The fraction of sp³-hybridized carbons (Fsp3) is 0.500. The minimum absolute atomic E-state index is 0.136. The van der Waals surface area contributed by atoms with Gasteiger partial charge in [-0.15, -0.1) is 0 Å². The van der Waals surface area contributed by atoms with E-state index in [0.717, 1.165) is 67.7 Å². The number of rotatable bonds is 1. The maximum Gasteiger partial charge on any atom is 0.253 e. The Balaban J connectivity index is 1.72. The predicted molar refractivity (Wildman–Crippen MR) is 81.2 cm³/mol. The summed E-state index contributed by atoms with van der Waals surface area (Å²) in [5, 5.41) is 0. The van der Waals surface area contributed by atoms with Crippen molar-refractivity contribution in [3.05, 3.63) is 29.6 Å². The van der Waals surface area contributed by atoms with E-state index in [2.05, 4.69) is 4.57 Å². The first-order valence-electron chi connectivity index (χ1n) is 7.76. The highest BCUT2D eigenvalue weighted by molar-refractivity contribution is 5.97. The molecule has 110 valence electrons. The minimum atomic E-state index is 0.136. The SMILES string of the molecule is N[C@@H]1CCc2nc3cc(C(=O)N4CCCC4)ccc3n2C1. The zero-order valence-corrected chi connectivity index (χ0v) is 12.1. The van der Waals surface area contributed by atoms with Crippen LogP contribution in [0.1, 0.15) is 35.4 Å². The molecule has 1 amide bonds. The van der Waals surface area contributed by atoms with Gasteiger partial charge in [-0.25, -0.2) is 4.98 Å². The van der Waals surface area contributed by atoms with Gasteiger partial charge in [0, 0.05) is 37.7 Å². The van der Waals surface area contributed by atoms with Crippen LogP contribution in [0.15, 0.2) is 18.2 Å². The number of nitrogens with zero attached hydrogens (tertiary/aromatic N) is 3. The van der Waals surface area contributed by atoms with E-state index in [1.807, 2.05) is 23.1 Å². The Morgan fingerprint density at radius 3 is 2.90 bits per heavy atom. The molecule has 2 aromatic rings. The Morgan fingerprint density at radius 2 is 2.10 bits per heavy atom. The van der Waals surface area contributed by atoms with Crippen LogP contribution in [0.2, 0.25) is 0 Å². The first-order chi connectivity index (χ1) is 10.2. The molecule has 1 aromatic heterocycles. The molecule has 0 radical (unpaired) electrons. The van der Waals surface area contributed by atoms with E-state index in [-0.39, 0.29) is 11.9 Å². The topological polar surface area (TPSA) is 64.2 Å². The fourth-order valence-electron chi connectivity index (χ4n) is 3.45. The first-order valence-corrected chi connectivity index (χ1v) is 7.76. The quantitative estimate of drug-likeness (QED) is 0.864. The summed E-state index contributed by atoms with van der Waals surface area (Å²) in [7, 11) is 0. The number of nitrogens with two attached hydrogens (primary N) is 1. The normalized spacial score (nSPS) is 21.8. The van der Waals surface area contributed by atoms with Crippen molar-refractivity contribution in [1.29, 1.82) is 0 Å². The molecule has 2 aliphatic rings. The van der Waals surface area contributed by atoms with Crippen molar-refractivity contribution in [2.45, 2.75) is 38.3 Å². The molecule has 0 aliphatic carbocycles. The molecule has 3 heterocycles. The maximum atomic E-state index is 12.5. The Morgan fingerprint density at radius 1 is 1.29 bits per heavy atom. The largest absolute Gasteiger partial charge is 0.339 e. The average Bonchev–Trinajstić information content (AvgIpc) is 3.13. The van der Waals surface area contributed by atoms with Gasteiger partial charge < -0.3 is 15.2 Å². The highest BCUT2D eigenvalue weighted by Crippen LogP contribution is 2.24. The summed E-state index contributed by atoms with van der Waals surface area (Å²) < 4.78 is 2.20. The third kappa shape index (κ3) is 2.12. The van der Waals surface area contributed by atoms with Gasteiger partial charge in [-0.05, 0) is 37.5 Å². The van der Waals surface area contributed by atoms with Crippen LogP contribution in [-0.2, 0) is 13.0 Å². The van der Waals surface area contributed by atoms with Gasteiger partial charge >= 0.3 is 0 Å². The molecule has 0 unspecified atom stereocenters. The standard InChI is InChI=1S/C16H20N4O/c17-12-4-6-15-18-13-9-11(3-5-14(13)20(15)10-12)16(21)19-7-1-2-8-19/h3,5,9,12H,1-2,4,6-8,10,17H2/t12-/m1/s1. The number of hydrogen-bond acceptors (Lipinski definition) is 3. The third-order valence-electron chi connectivity index (χ3n) is 4.62. The van der Waals surface area contributed by atoms with Gasteiger partial charge in [0.15, 0.2) is 0 Å².